The molecule has 4 heteroatoms. The van der Waals surface area contributed by atoms with Crippen LogP contribution < -0.4 is 14.8 Å². The first kappa shape index (κ1) is 14.2. The second kappa shape index (κ2) is 6.31. The summed E-state index contributed by atoms with van der Waals surface area (Å²) in [6.45, 7) is 7.71. The largest absolute Gasteiger partial charge is 0.454 e. The third-order valence-corrected chi connectivity index (χ3v) is 3.51. The van der Waals surface area contributed by atoms with Crippen LogP contribution in [0.2, 0.25) is 5.02 Å². The van der Waals surface area contributed by atoms with Crippen molar-refractivity contribution in [1.82, 2.24) is 5.32 Å². The van der Waals surface area contributed by atoms with E-state index in [0.29, 0.717) is 16.8 Å². The quantitative estimate of drug-likeness (QED) is 0.889. The van der Waals surface area contributed by atoms with Gasteiger partial charge < -0.3 is 14.8 Å². The topological polar surface area (TPSA) is 30.5 Å². The average molecular weight is 282 g/mol. The van der Waals surface area contributed by atoms with E-state index in [1.807, 2.05) is 12.1 Å². The summed E-state index contributed by atoms with van der Waals surface area (Å²) in [5.41, 5.74) is 2.31. The van der Waals surface area contributed by atoms with Crippen LogP contribution in [0, 0.1) is 0 Å². The smallest absolute Gasteiger partial charge is 0.231 e. The highest BCUT2D eigenvalue weighted by molar-refractivity contribution is 6.32. The molecule has 1 atom stereocenters. The maximum atomic E-state index is 6.17. The molecule has 0 amide bonds. The van der Waals surface area contributed by atoms with Crippen LogP contribution in [0.3, 0.4) is 0 Å². The van der Waals surface area contributed by atoms with E-state index in [0.717, 1.165) is 24.3 Å². The fraction of sp³-hybridized carbons (Fsp3) is 0.467. The van der Waals surface area contributed by atoms with Crippen molar-refractivity contribution in [2.75, 3.05) is 13.3 Å². The van der Waals surface area contributed by atoms with Crippen molar-refractivity contribution in [3.05, 3.63) is 28.3 Å². The molecule has 2 rings (SSSR count). The number of nitrogens with one attached hydrogen (secondary N) is 1. The molecule has 1 aromatic carbocycles. The highest BCUT2D eigenvalue weighted by atomic mass is 35.5. The lowest BCUT2D eigenvalue weighted by atomic mass is 10.1. The van der Waals surface area contributed by atoms with Gasteiger partial charge in [-0.05, 0) is 44.5 Å². The van der Waals surface area contributed by atoms with Crippen molar-refractivity contribution in [2.24, 2.45) is 0 Å². The van der Waals surface area contributed by atoms with E-state index in [1.54, 1.807) is 0 Å². The lowest BCUT2D eigenvalue weighted by Gasteiger charge is -2.14. The van der Waals surface area contributed by atoms with Crippen LogP contribution in [0.15, 0.2) is 17.7 Å². The summed E-state index contributed by atoms with van der Waals surface area (Å²) in [7, 11) is 0. The van der Waals surface area contributed by atoms with Gasteiger partial charge in [0.1, 0.15) is 0 Å². The molecular weight excluding hydrogens is 262 g/mol. The van der Waals surface area contributed by atoms with Gasteiger partial charge in [-0.1, -0.05) is 30.2 Å². The Bertz CT molecular complexity index is 485. The Labute approximate surface area is 119 Å². The molecule has 0 bridgehead atoms. The number of fused-ring (bicyclic) bond motifs is 1. The fourth-order valence-corrected chi connectivity index (χ4v) is 2.25. The van der Waals surface area contributed by atoms with Gasteiger partial charge in [0.2, 0.25) is 6.79 Å². The van der Waals surface area contributed by atoms with Crippen LogP contribution in [-0.2, 0) is 0 Å². The van der Waals surface area contributed by atoms with Crippen molar-refractivity contribution in [3.63, 3.8) is 0 Å². The summed E-state index contributed by atoms with van der Waals surface area (Å²) >= 11 is 6.17. The molecule has 0 aromatic heterocycles. The fourth-order valence-electron chi connectivity index (χ4n) is 1.98. The van der Waals surface area contributed by atoms with Crippen LogP contribution >= 0.6 is 11.6 Å². The Morgan fingerprint density at radius 3 is 3.00 bits per heavy atom. The number of rotatable bonds is 5. The van der Waals surface area contributed by atoms with Gasteiger partial charge in [0.05, 0.1) is 5.02 Å². The molecule has 0 radical (unpaired) electrons. The third-order valence-electron chi connectivity index (χ3n) is 3.23. The Morgan fingerprint density at radius 1 is 1.47 bits per heavy atom. The zero-order chi connectivity index (χ0) is 13.8. The standard InChI is InChI=1S/C15H20ClNO2/c1-4-5-17-11(3)10(2)6-12-7-13(16)15-14(8-12)18-9-19-15/h6-8,11,17H,4-5,9H2,1-3H3/b10-6+. The molecule has 1 aliphatic heterocycles. The van der Waals surface area contributed by atoms with E-state index < -0.39 is 0 Å². The van der Waals surface area contributed by atoms with E-state index in [4.69, 9.17) is 21.1 Å². The highest BCUT2D eigenvalue weighted by Gasteiger charge is 2.17. The SMILES string of the molecule is CCCNC(C)/C(C)=C/c1cc(Cl)c2c(c1)OCO2. The lowest BCUT2D eigenvalue weighted by Crippen LogP contribution is -2.27. The van der Waals surface area contributed by atoms with Crippen LogP contribution in [0.25, 0.3) is 6.08 Å². The molecule has 104 valence electrons. The number of ether oxygens (including phenoxy) is 2. The molecule has 0 spiro atoms. The van der Waals surface area contributed by atoms with Crippen molar-refractivity contribution < 1.29 is 9.47 Å². The molecule has 1 aromatic rings. The normalized spacial score (nSPS) is 15.7. The molecule has 0 fully saturated rings. The highest BCUT2D eigenvalue weighted by Crippen LogP contribution is 2.40. The molecule has 0 aliphatic carbocycles. The van der Waals surface area contributed by atoms with Gasteiger partial charge >= 0.3 is 0 Å². The average Bonchev–Trinajstić information content (AvgIpc) is 2.84. The Balaban J connectivity index is 2.16. The maximum Gasteiger partial charge on any atom is 0.231 e. The number of hydrogen-bond donors (Lipinski definition) is 1. The summed E-state index contributed by atoms with van der Waals surface area (Å²) in [4.78, 5) is 0. The second-order valence-corrected chi connectivity index (χ2v) is 5.21. The minimum Gasteiger partial charge on any atom is -0.454 e. The summed E-state index contributed by atoms with van der Waals surface area (Å²) in [6, 6.07) is 4.22. The van der Waals surface area contributed by atoms with E-state index in [-0.39, 0.29) is 6.79 Å². The van der Waals surface area contributed by atoms with Crippen molar-refractivity contribution >= 4 is 17.7 Å². The molecule has 0 saturated heterocycles. The number of hydrogen-bond acceptors (Lipinski definition) is 3. The van der Waals surface area contributed by atoms with Crippen molar-refractivity contribution in [2.45, 2.75) is 33.2 Å². The molecule has 1 unspecified atom stereocenters. The zero-order valence-corrected chi connectivity index (χ0v) is 12.4. The van der Waals surface area contributed by atoms with E-state index in [2.05, 4.69) is 32.2 Å². The van der Waals surface area contributed by atoms with E-state index in [9.17, 15) is 0 Å². The molecular formula is C15H20ClNO2. The van der Waals surface area contributed by atoms with Crippen LogP contribution in [0.4, 0.5) is 0 Å². The van der Waals surface area contributed by atoms with Gasteiger partial charge in [-0.2, -0.15) is 0 Å². The van der Waals surface area contributed by atoms with Crippen LogP contribution in [-0.4, -0.2) is 19.4 Å². The summed E-state index contributed by atoms with van der Waals surface area (Å²) in [6.07, 6.45) is 3.26. The molecule has 3 nitrogen and oxygen atoms in total. The van der Waals surface area contributed by atoms with E-state index in [1.165, 1.54) is 5.57 Å². The third kappa shape index (κ3) is 3.43. The Morgan fingerprint density at radius 2 is 2.26 bits per heavy atom. The van der Waals surface area contributed by atoms with Crippen LogP contribution in [0.1, 0.15) is 32.8 Å². The lowest BCUT2D eigenvalue weighted by molar-refractivity contribution is 0.174. The first-order valence-electron chi connectivity index (χ1n) is 6.62. The predicted molar refractivity (Wildman–Crippen MR) is 79.0 cm³/mol. The predicted octanol–water partition coefficient (Wildman–Crippen LogP) is 3.86. The maximum absolute atomic E-state index is 6.17. The van der Waals surface area contributed by atoms with Crippen LogP contribution in [0.5, 0.6) is 11.5 Å². The molecule has 19 heavy (non-hydrogen) atoms. The van der Waals surface area contributed by atoms with Gasteiger partial charge in [0, 0.05) is 6.04 Å². The van der Waals surface area contributed by atoms with Gasteiger partial charge in [-0.15, -0.1) is 0 Å². The monoisotopic (exact) mass is 281 g/mol. The van der Waals surface area contributed by atoms with Crippen molar-refractivity contribution in [1.29, 1.82) is 0 Å². The van der Waals surface area contributed by atoms with Gasteiger partial charge in [-0.25, -0.2) is 0 Å². The summed E-state index contributed by atoms with van der Waals surface area (Å²) in [5, 5.41) is 4.06. The molecule has 1 heterocycles. The number of halogens is 1. The summed E-state index contributed by atoms with van der Waals surface area (Å²) in [5.74, 6) is 1.37. The minimum atomic E-state index is 0.246. The van der Waals surface area contributed by atoms with Gasteiger partial charge in [-0.3, -0.25) is 0 Å². The van der Waals surface area contributed by atoms with Crippen molar-refractivity contribution in [3.8, 4) is 11.5 Å². The zero-order valence-electron chi connectivity index (χ0n) is 11.6. The first-order chi connectivity index (χ1) is 9.11. The van der Waals surface area contributed by atoms with Gasteiger partial charge in [0.15, 0.2) is 11.5 Å². The molecule has 1 aliphatic rings. The second-order valence-electron chi connectivity index (χ2n) is 4.80. The molecule has 0 saturated carbocycles. The van der Waals surface area contributed by atoms with Gasteiger partial charge in [0.25, 0.3) is 0 Å². The summed E-state index contributed by atoms with van der Waals surface area (Å²) < 4.78 is 10.7. The van der Waals surface area contributed by atoms with E-state index >= 15 is 0 Å². The minimum absolute atomic E-state index is 0.246. The Kier molecular flexibility index (Phi) is 4.72. The first-order valence-corrected chi connectivity index (χ1v) is 7.00. The number of benzene rings is 1. The Hall–Kier alpha value is -1.19. The molecule has 1 N–H and O–H groups in total.